The van der Waals surface area contributed by atoms with Crippen LogP contribution in [0.25, 0.3) is 6.08 Å². The Morgan fingerprint density at radius 2 is 2.36 bits per heavy atom. The van der Waals surface area contributed by atoms with Gasteiger partial charge in [-0.2, -0.15) is 0 Å². The summed E-state index contributed by atoms with van der Waals surface area (Å²) in [4.78, 5) is 5.49. The van der Waals surface area contributed by atoms with E-state index in [1.165, 1.54) is 10.5 Å². The molecule has 0 aliphatic rings. The maximum absolute atomic E-state index is 4.24. The molecule has 0 bridgehead atoms. The minimum Gasteiger partial charge on any atom is -0.316 e. The number of nitrogens with one attached hydrogen (secondary N) is 1. The fourth-order valence-corrected chi connectivity index (χ4v) is 2.02. The topological polar surface area (TPSA) is 24.9 Å². The van der Waals surface area contributed by atoms with Crippen LogP contribution in [0.5, 0.6) is 0 Å². The minimum atomic E-state index is 0.588. The van der Waals surface area contributed by atoms with Gasteiger partial charge in [0.05, 0.1) is 5.01 Å². The van der Waals surface area contributed by atoms with Gasteiger partial charge >= 0.3 is 0 Å². The normalized spacial score (nSPS) is 12.5. The second kappa shape index (κ2) is 5.27. The third kappa shape index (κ3) is 3.24. The fraction of sp³-hybridized carbons (Fsp3) is 0.545. The predicted octanol–water partition coefficient (Wildman–Crippen LogP) is 2.71. The van der Waals surface area contributed by atoms with Crippen LogP contribution < -0.4 is 5.32 Å². The first-order valence-electron chi connectivity index (χ1n) is 4.91. The van der Waals surface area contributed by atoms with E-state index in [0.717, 1.165) is 11.6 Å². The van der Waals surface area contributed by atoms with Crippen molar-refractivity contribution in [2.24, 2.45) is 5.92 Å². The lowest BCUT2D eigenvalue weighted by molar-refractivity contribution is 0.713. The van der Waals surface area contributed by atoms with Gasteiger partial charge in [-0.1, -0.05) is 19.4 Å². The number of hydrogen-bond donors (Lipinski definition) is 1. The van der Waals surface area contributed by atoms with E-state index in [1.54, 1.807) is 11.3 Å². The monoisotopic (exact) mass is 210 g/mol. The number of thiazole rings is 1. The molecule has 1 N–H and O–H groups in total. The van der Waals surface area contributed by atoms with Gasteiger partial charge in [-0.3, -0.25) is 0 Å². The summed E-state index contributed by atoms with van der Waals surface area (Å²) in [5, 5.41) is 4.32. The van der Waals surface area contributed by atoms with Gasteiger partial charge in [0, 0.05) is 17.6 Å². The van der Waals surface area contributed by atoms with Crippen molar-refractivity contribution in [1.82, 2.24) is 10.3 Å². The van der Waals surface area contributed by atoms with Crippen LogP contribution in [-0.4, -0.2) is 18.6 Å². The second-order valence-electron chi connectivity index (χ2n) is 3.69. The third-order valence-corrected chi connectivity index (χ3v) is 2.95. The smallest absolute Gasteiger partial charge is 0.0900 e. The van der Waals surface area contributed by atoms with Gasteiger partial charge in [0.25, 0.3) is 0 Å². The SMILES string of the molecule is CNCC(=Cc1cnc(C)s1)C(C)C. The average molecular weight is 210 g/mol. The molecule has 1 heterocycles. The van der Waals surface area contributed by atoms with Gasteiger partial charge in [0.1, 0.15) is 0 Å². The molecule has 1 aromatic heterocycles. The van der Waals surface area contributed by atoms with E-state index in [2.05, 4.69) is 30.2 Å². The van der Waals surface area contributed by atoms with Crippen molar-refractivity contribution in [2.75, 3.05) is 13.6 Å². The molecule has 1 rings (SSSR count). The zero-order valence-electron chi connectivity index (χ0n) is 9.29. The number of aromatic nitrogens is 1. The second-order valence-corrected chi connectivity index (χ2v) is 4.95. The Kier molecular flexibility index (Phi) is 4.29. The molecule has 0 saturated heterocycles. The molecule has 0 spiro atoms. The Morgan fingerprint density at radius 3 is 2.79 bits per heavy atom. The molecule has 0 unspecified atom stereocenters. The van der Waals surface area contributed by atoms with Gasteiger partial charge < -0.3 is 5.32 Å². The van der Waals surface area contributed by atoms with Crippen LogP contribution in [0.4, 0.5) is 0 Å². The Balaban J connectivity index is 2.81. The lowest BCUT2D eigenvalue weighted by atomic mass is 10.0. The first-order valence-corrected chi connectivity index (χ1v) is 5.72. The highest BCUT2D eigenvalue weighted by Gasteiger charge is 2.03. The molecule has 0 radical (unpaired) electrons. The van der Waals surface area contributed by atoms with Crippen LogP contribution >= 0.6 is 11.3 Å². The van der Waals surface area contributed by atoms with Crippen molar-refractivity contribution in [3.8, 4) is 0 Å². The van der Waals surface area contributed by atoms with Crippen molar-refractivity contribution in [1.29, 1.82) is 0 Å². The zero-order chi connectivity index (χ0) is 10.6. The largest absolute Gasteiger partial charge is 0.316 e. The van der Waals surface area contributed by atoms with Crippen molar-refractivity contribution in [3.05, 3.63) is 21.7 Å². The molecule has 2 nitrogen and oxygen atoms in total. The first-order chi connectivity index (χ1) is 6.63. The van der Waals surface area contributed by atoms with Crippen molar-refractivity contribution in [3.63, 3.8) is 0 Å². The molecular weight excluding hydrogens is 192 g/mol. The standard InChI is InChI=1S/C11H18N2S/c1-8(2)10(6-12-4)5-11-7-13-9(3)14-11/h5,7-8,12H,6H2,1-4H3. The lowest BCUT2D eigenvalue weighted by Crippen LogP contribution is -2.13. The molecule has 1 aromatic rings. The highest BCUT2D eigenvalue weighted by molar-refractivity contribution is 7.12. The maximum atomic E-state index is 4.24. The number of rotatable bonds is 4. The minimum absolute atomic E-state index is 0.588. The molecule has 0 fully saturated rings. The zero-order valence-corrected chi connectivity index (χ0v) is 10.1. The Labute approximate surface area is 90.1 Å². The number of hydrogen-bond acceptors (Lipinski definition) is 3. The van der Waals surface area contributed by atoms with Crippen molar-refractivity contribution >= 4 is 17.4 Å². The van der Waals surface area contributed by atoms with Crippen LogP contribution in [0.1, 0.15) is 23.7 Å². The summed E-state index contributed by atoms with van der Waals surface area (Å²) in [6, 6.07) is 0. The highest BCUT2D eigenvalue weighted by Crippen LogP contribution is 2.18. The first kappa shape index (κ1) is 11.4. The molecule has 0 aromatic carbocycles. The van der Waals surface area contributed by atoms with E-state index in [1.807, 2.05) is 20.2 Å². The molecule has 14 heavy (non-hydrogen) atoms. The summed E-state index contributed by atoms with van der Waals surface area (Å²) in [5.41, 5.74) is 1.43. The maximum Gasteiger partial charge on any atom is 0.0900 e. The number of nitrogens with zero attached hydrogens (tertiary/aromatic N) is 1. The van der Waals surface area contributed by atoms with E-state index in [-0.39, 0.29) is 0 Å². The number of likely N-dealkylation sites (N-methyl/N-ethyl adjacent to an activating group) is 1. The predicted molar refractivity (Wildman–Crippen MR) is 63.6 cm³/mol. The molecule has 0 amide bonds. The summed E-state index contributed by atoms with van der Waals surface area (Å²) in [6.07, 6.45) is 4.18. The average Bonchev–Trinajstić information content (AvgIpc) is 2.50. The van der Waals surface area contributed by atoms with E-state index in [9.17, 15) is 0 Å². The highest BCUT2D eigenvalue weighted by atomic mass is 32.1. The van der Waals surface area contributed by atoms with Crippen LogP contribution in [0, 0.1) is 12.8 Å². The van der Waals surface area contributed by atoms with Gasteiger partial charge in [-0.15, -0.1) is 11.3 Å². The van der Waals surface area contributed by atoms with Crippen molar-refractivity contribution < 1.29 is 0 Å². The Hall–Kier alpha value is -0.670. The Bertz CT molecular complexity index is 313. The Morgan fingerprint density at radius 1 is 1.64 bits per heavy atom. The summed E-state index contributed by atoms with van der Waals surface area (Å²) < 4.78 is 0. The molecule has 0 aliphatic carbocycles. The summed E-state index contributed by atoms with van der Waals surface area (Å²) in [5.74, 6) is 0.588. The molecule has 0 saturated carbocycles. The molecule has 78 valence electrons. The lowest BCUT2D eigenvalue weighted by Gasteiger charge is -2.09. The van der Waals surface area contributed by atoms with Gasteiger partial charge in [0.15, 0.2) is 0 Å². The van der Waals surface area contributed by atoms with Crippen LogP contribution in [0.15, 0.2) is 11.8 Å². The number of aryl methyl sites for hydroxylation is 1. The van der Waals surface area contributed by atoms with Gasteiger partial charge in [-0.05, 0) is 26.0 Å². The van der Waals surface area contributed by atoms with E-state index in [0.29, 0.717) is 5.92 Å². The van der Waals surface area contributed by atoms with Crippen LogP contribution in [0.2, 0.25) is 0 Å². The molecular formula is C11H18N2S. The van der Waals surface area contributed by atoms with E-state index >= 15 is 0 Å². The van der Waals surface area contributed by atoms with Gasteiger partial charge in [0.2, 0.25) is 0 Å². The van der Waals surface area contributed by atoms with Crippen LogP contribution in [-0.2, 0) is 0 Å². The molecule has 0 aliphatic heterocycles. The summed E-state index contributed by atoms with van der Waals surface area (Å²) in [7, 11) is 1.98. The summed E-state index contributed by atoms with van der Waals surface area (Å²) in [6.45, 7) is 7.43. The fourth-order valence-electron chi connectivity index (χ4n) is 1.25. The van der Waals surface area contributed by atoms with Crippen LogP contribution in [0.3, 0.4) is 0 Å². The van der Waals surface area contributed by atoms with E-state index < -0.39 is 0 Å². The summed E-state index contributed by atoms with van der Waals surface area (Å²) >= 11 is 1.74. The van der Waals surface area contributed by atoms with Crippen molar-refractivity contribution in [2.45, 2.75) is 20.8 Å². The molecule has 0 atom stereocenters. The molecule has 3 heteroatoms. The van der Waals surface area contributed by atoms with Gasteiger partial charge in [-0.25, -0.2) is 4.98 Å². The third-order valence-electron chi connectivity index (χ3n) is 2.09. The van der Waals surface area contributed by atoms with E-state index in [4.69, 9.17) is 0 Å². The quantitative estimate of drug-likeness (QED) is 0.826.